The van der Waals surface area contributed by atoms with Gasteiger partial charge in [-0.15, -0.1) is 0 Å². The molecule has 4 aromatic rings. The highest BCUT2D eigenvalue weighted by Crippen LogP contribution is 2.38. The van der Waals surface area contributed by atoms with Crippen LogP contribution in [0.3, 0.4) is 0 Å². The molecule has 0 aliphatic carbocycles. The lowest BCUT2D eigenvalue weighted by Gasteiger charge is -2.33. The molecule has 0 bridgehead atoms. The predicted molar refractivity (Wildman–Crippen MR) is 242 cm³/mol. The molecule has 0 amide bonds. The van der Waals surface area contributed by atoms with Gasteiger partial charge in [-0.05, 0) is 65.3 Å². The molecule has 3 saturated heterocycles. The monoisotopic (exact) mass is 1060 g/mol. The fourth-order valence-electron chi connectivity index (χ4n) is 6.44. The quantitative estimate of drug-likeness (QED) is 0.0666. The predicted octanol–water partition coefficient (Wildman–Crippen LogP) is 6.85. The molecule has 396 valence electrons. The van der Waals surface area contributed by atoms with Gasteiger partial charge in [0.15, 0.2) is 24.9 Å². The van der Waals surface area contributed by atoms with Crippen LogP contribution >= 0.6 is 11.6 Å². The molecule has 19 nitrogen and oxygen atoms in total. The van der Waals surface area contributed by atoms with Gasteiger partial charge in [-0.2, -0.15) is 56.2 Å². The van der Waals surface area contributed by atoms with Crippen molar-refractivity contribution >= 4 is 54.1 Å². The summed E-state index contributed by atoms with van der Waals surface area (Å²) in [5.41, 5.74) is 3.64. The first-order chi connectivity index (χ1) is 33.5. The normalized spacial score (nSPS) is 19.0. The van der Waals surface area contributed by atoms with Crippen LogP contribution in [0.25, 0.3) is 11.4 Å². The van der Waals surface area contributed by atoms with Crippen LogP contribution in [0.15, 0.2) is 29.5 Å². The Morgan fingerprint density at radius 1 is 0.778 bits per heavy atom. The fourth-order valence-corrected chi connectivity index (χ4v) is 6.59. The van der Waals surface area contributed by atoms with E-state index in [1.165, 1.54) is 18.6 Å². The maximum Gasteiger partial charge on any atom is 0.496 e. The number of halogens is 11. The number of nitrogen functional groups attached to an aromatic ring is 1. The number of pyridine rings is 2. The zero-order valence-corrected chi connectivity index (χ0v) is 40.7. The van der Waals surface area contributed by atoms with Gasteiger partial charge in [0.2, 0.25) is 17.2 Å². The number of alkyl halides is 10. The molecule has 0 spiro atoms. The minimum Gasteiger partial charge on any atom is -0.454 e. The van der Waals surface area contributed by atoms with E-state index in [-0.39, 0.29) is 63.3 Å². The second-order valence-corrected chi connectivity index (χ2v) is 17.6. The van der Waals surface area contributed by atoms with Gasteiger partial charge in [-0.1, -0.05) is 0 Å². The van der Waals surface area contributed by atoms with Crippen molar-refractivity contribution in [3.05, 3.63) is 40.9 Å². The lowest BCUT2D eigenvalue weighted by atomic mass is 9.77. The van der Waals surface area contributed by atoms with Crippen LogP contribution in [0, 0.1) is 0 Å². The molecular formula is C41H51BClF10N13O6. The summed E-state index contributed by atoms with van der Waals surface area (Å²) in [7, 11) is 2.70. The highest BCUT2D eigenvalue weighted by Gasteiger charge is 2.52. The summed E-state index contributed by atoms with van der Waals surface area (Å²) < 4.78 is 159. The van der Waals surface area contributed by atoms with Crippen molar-refractivity contribution in [2.24, 2.45) is 4.99 Å². The van der Waals surface area contributed by atoms with Gasteiger partial charge in [0.1, 0.15) is 5.82 Å². The van der Waals surface area contributed by atoms with E-state index in [1.54, 1.807) is 35.7 Å². The first-order valence-electron chi connectivity index (χ1n) is 21.7. The molecule has 0 saturated carbocycles. The zero-order valence-electron chi connectivity index (χ0n) is 40.0. The van der Waals surface area contributed by atoms with Gasteiger partial charge in [0.25, 0.3) is 12.9 Å². The molecule has 7 rings (SSSR count). The SMILES string of the molecule is CN(C)C=Nc1cc(C(F)F)c(B2OC(C)(C)C(C)(C)O2)cn1.C[C@@H]1COCCN1c1nc(Cl)nc(OCC(F)(F)F)n1.C[C@@H]1COCCN1c1nc(OCC(F)(F)F)nc(-c2cnc(N)cc2C(F)F)n1. The number of morpholine rings is 2. The number of ether oxygens (including phenoxy) is 4. The maximum atomic E-state index is 13.5. The molecule has 0 unspecified atom stereocenters. The molecule has 72 heavy (non-hydrogen) atoms. The largest absolute Gasteiger partial charge is 0.496 e. The van der Waals surface area contributed by atoms with Gasteiger partial charge in [-0.25, -0.2) is 32.5 Å². The number of hydrogen-bond donors (Lipinski definition) is 1. The maximum absolute atomic E-state index is 13.5. The van der Waals surface area contributed by atoms with Crippen molar-refractivity contribution in [3.8, 4) is 23.4 Å². The first kappa shape index (κ1) is 57.2. The van der Waals surface area contributed by atoms with Crippen molar-refractivity contribution in [2.45, 2.75) is 90.0 Å². The summed E-state index contributed by atoms with van der Waals surface area (Å²) in [6, 6.07) is 0.919. The molecular weight excluding hydrogens is 1010 g/mol. The van der Waals surface area contributed by atoms with E-state index in [1.807, 2.05) is 34.6 Å². The van der Waals surface area contributed by atoms with E-state index in [2.05, 4.69) is 54.3 Å². The Morgan fingerprint density at radius 2 is 1.29 bits per heavy atom. The minimum atomic E-state index is -4.63. The highest BCUT2D eigenvalue weighted by molar-refractivity contribution is 6.62. The van der Waals surface area contributed by atoms with Crippen LogP contribution < -0.4 is 30.5 Å². The number of aromatic nitrogens is 8. The lowest BCUT2D eigenvalue weighted by Crippen LogP contribution is -2.44. The molecule has 31 heteroatoms. The lowest BCUT2D eigenvalue weighted by molar-refractivity contribution is -0.155. The minimum absolute atomic E-state index is 0.0139. The third-order valence-electron chi connectivity index (χ3n) is 10.7. The smallest absolute Gasteiger partial charge is 0.454 e. The van der Waals surface area contributed by atoms with Gasteiger partial charge in [-0.3, -0.25) is 0 Å². The number of anilines is 3. The van der Waals surface area contributed by atoms with E-state index in [0.717, 1.165) is 12.3 Å². The van der Waals surface area contributed by atoms with Crippen LogP contribution in [-0.2, 0) is 18.8 Å². The number of hydrogen-bond acceptors (Lipinski definition) is 18. The van der Waals surface area contributed by atoms with E-state index in [9.17, 15) is 43.9 Å². The molecule has 7 heterocycles. The van der Waals surface area contributed by atoms with Crippen molar-refractivity contribution in [3.63, 3.8) is 0 Å². The van der Waals surface area contributed by atoms with Crippen molar-refractivity contribution in [1.29, 1.82) is 0 Å². The Kier molecular flexibility index (Phi) is 19.0. The second-order valence-electron chi connectivity index (χ2n) is 17.2. The molecule has 3 aliphatic heterocycles. The van der Waals surface area contributed by atoms with Crippen LogP contribution in [0.5, 0.6) is 12.0 Å². The van der Waals surface area contributed by atoms with Gasteiger partial charge < -0.3 is 48.7 Å². The zero-order chi connectivity index (χ0) is 53.3. The summed E-state index contributed by atoms with van der Waals surface area (Å²) in [4.78, 5) is 40.2. The van der Waals surface area contributed by atoms with E-state index in [0.29, 0.717) is 39.5 Å². The van der Waals surface area contributed by atoms with Crippen LogP contribution in [-0.4, -0.2) is 161 Å². The van der Waals surface area contributed by atoms with Crippen LogP contribution in [0.1, 0.15) is 65.5 Å². The average molecular weight is 1060 g/mol. The third-order valence-corrected chi connectivity index (χ3v) is 10.9. The summed E-state index contributed by atoms with van der Waals surface area (Å²) in [5.74, 6) is -0.0606. The van der Waals surface area contributed by atoms with Crippen molar-refractivity contribution in [2.75, 3.05) is 82.4 Å². The molecule has 3 fully saturated rings. The molecule has 3 aliphatic rings. The third kappa shape index (κ3) is 16.1. The topological polar surface area (TPSA) is 207 Å². The molecule has 2 N–H and O–H groups in total. The van der Waals surface area contributed by atoms with Gasteiger partial charge in [0.05, 0.1) is 56.1 Å². The second kappa shape index (κ2) is 23.9. The number of rotatable bonds is 12. The standard InChI is InChI=1S/C16H17F5N6O2.C15H22BF2N3O2.C10H12ClF3N4O2/c1-8-6-28-3-2-27(8)14-24-13(25-15(26-14)29-7-16(19,20)21)10-5-23-11(22)4-9(10)12(17)18;1-14(2)15(3,4)23-16(22-14)11-8-19-12(20-9-21(5)6)7-10(11)13(17)18;1-6-4-19-3-2-18(6)8-15-7(11)16-9(17-8)20-5-10(12,13)14/h4-5,8,12H,2-3,6-7H2,1H3,(H2,22,23);7-9,13H,1-6H3;6H,2-5H2,1H3/t8-;;6-/m1.1/s1. The Labute approximate surface area is 412 Å². The van der Waals surface area contributed by atoms with Crippen molar-refractivity contribution in [1.82, 2.24) is 44.8 Å². The van der Waals surface area contributed by atoms with E-state index in [4.69, 9.17) is 36.1 Å². The summed E-state index contributed by atoms with van der Waals surface area (Å²) in [5, 5.41) is -0.217. The Hall–Kier alpha value is -5.72. The fraction of sp³-hybridized carbons (Fsp3) is 0.585. The summed E-state index contributed by atoms with van der Waals surface area (Å²) in [6.45, 7) is 10.6. The van der Waals surface area contributed by atoms with Crippen molar-refractivity contribution < 1.29 is 72.2 Å². The molecule has 2 atom stereocenters. The summed E-state index contributed by atoms with van der Waals surface area (Å²) in [6.07, 6.45) is -10.8. The van der Waals surface area contributed by atoms with Gasteiger partial charge in [0, 0.05) is 61.7 Å². The van der Waals surface area contributed by atoms with Gasteiger partial charge >= 0.3 is 31.5 Å². The first-order valence-corrected chi connectivity index (χ1v) is 22.0. The molecule has 0 radical (unpaired) electrons. The number of nitrogens with zero attached hydrogens (tertiary/aromatic N) is 12. The Balaban J connectivity index is 0.000000205. The van der Waals surface area contributed by atoms with Crippen LogP contribution in [0.2, 0.25) is 5.28 Å². The van der Waals surface area contributed by atoms with E-state index < -0.39 is 74.3 Å². The van der Waals surface area contributed by atoms with E-state index >= 15 is 0 Å². The molecule has 0 aromatic carbocycles. The summed E-state index contributed by atoms with van der Waals surface area (Å²) >= 11 is 5.69. The Morgan fingerprint density at radius 3 is 1.78 bits per heavy atom. The molecule has 4 aromatic heterocycles. The Bertz CT molecular complexity index is 2450. The number of nitrogens with two attached hydrogens (primary N) is 1. The highest BCUT2D eigenvalue weighted by atomic mass is 35.5. The number of aliphatic imine (C=N–C) groups is 1. The average Bonchev–Trinajstić information content (AvgIpc) is 3.51. The van der Waals surface area contributed by atoms with Crippen LogP contribution in [0.4, 0.5) is 67.4 Å².